The maximum atomic E-state index is 13.2. The van der Waals surface area contributed by atoms with Crippen molar-refractivity contribution in [1.29, 1.82) is 0 Å². The van der Waals surface area contributed by atoms with Gasteiger partial charge in [-0.2, -0.15) is 0 Å². The van der Waals surface area contributed by atoms with E-state index in [9.17, 15) is 14.0 Å². The largest absolute Gasteiger partial charge is 0.350 e. The van der Waals surface area contributed by atoms with Crippen LogP contribution in [0.25, 0.3) is 10.9 Å². The van der Waals surface area contributed by atoms with Gasteiger partial charge in [0.2, 0.25) is 0 Å². The Kier molecular flexibility index (Phi) is 5.65. The van der Waals surface area contributed by atoms with E-state index >= 15 is 0 Å². The molecule has 0 bridgehead atoms. The molecule has 156 valence electrons. The Balaban J connectivity index is 1.49. The Labute approximate surface area is 180 Å². The zero-order chi connectivity index (χ0) is 21.4. The number of nitrogens with zero attached hydrogens (tertiary/aromatic N) is 2. The van der Waals surface area contributed by atoms with Gasteiger partial charge in [-0.3, -0.25) is 9.59 Å². The minimum atomic E-state index is -0.223. The molecule has 0 radical (unpaired) electrons. The van der Waals surface area contributed by atoms with E-state index in [1.807, 2.05) is 28.6 Å². The number of hydrogen-bond acceptors (Lipinski definition) is 2. The molecule has 0 spiro atoms. The van der Waals surface area contributed by atoms with Gasteiger partial charge in [-0.05, 0) is 61.9 Å². The van der Waals surface area contributed by atoms with Crippen molar-refractivity contribution >= 4 is 34.2 Å². The van der Waals surface area contributed by atoms with Crippen LogP contribution in [0.1, 0.15) is 46.0 Å². The molecule has 0 aliphatic carbocycles. The molecule has 4 rings (SSSR count). The molecule has 1 aliphatic heterocycles. The number of fused-ring (bicyclic) bond motifs is 1. The predicted molar refractivity (Wildman–Crippen MR) is 117 cm³/mol. The summed E-state index contributed by atoms with van der Waals surface area (Å²) in [5.41, 5.74) is 2.99. The molecular formula is C24H24ClFN2O2. The molecule has 1 fully saturated rings. The Morgan fingerprint density at radius 3 is 2.40 bits per heavy atom. The van der Waals surface area contributed by atoms with Crippen molar-refractivity contribution in [1.82, 2.24) is 9.47 Å². The van der Waals surface area contributed by atoms with E-state index < -0.39 is 0 Å². The van der Waals surface area contributed by atoms with Gasteiger partial charge >= 0.3 is 0 Å². The number of hydrogen-bond donors (Lipinski definition) is 0. The number of Topliss-reactive ketones (excluding diaryl/α,β-unsaturated/α-hetero) is 1. The lowest BCUT2D eigenvalue weighted by atomic mass is 9.90. The number of amides is 1. The van der Waals surface area contributed by atoms with Gasteiger partial charge < -0.3 is 9.47 Å². The molecule has 0 saturated carbocycles. The molecule has 6 heteroatoms. The number of carbonyl (C=O) groups excluding carboxylic acids is 2. The first-order valence-corrected chi connectivity index (χ1v) is 10.5. The van der Waals surface area contributed by atoms with Gasteiger partial charge in [-0.1, -0.05) is 23.7 Å². The van der Waals surface area contributed by atoms with Crippen LogP contribution in [0.15, 0.2) is 42.6 Å². The summed E-state index contributed by atoms with van der Waals surface area (Å²) in [4.78, 5) is 27.0. The third-order valence-electron chi connectivity index (χ3n) is 6.03. The highest BCUT2D eigenvalue weighted by Crippen LogP contribution is 2.30. The van der Waals surface area contributed by atoms with Crippen LogP contribution in [0.2, 0.25) is 5.02 Å². The number of aryl methyl sites for hydroxylation is 1. The van der Waals surface area contributed by atoms with E-state index in [-0.39, 0.29) is 17.5 Å². The highest BCUT2D eigenvalue weighted by Gasteiger charge is 2.26. The minimum Gasteiger partial charge on any atom is -0.350 e. The summed E-state index contributed by atoms with van der Waals surface area (Å²) >= 11 is 6.45. The number of ketones is 1. The fraction of sp³-hybridized carbons (Fsp3) is 0.333. The van der Waals surface area contributed by atoms with Gasteiger partial charge in [-0.25, -0.2) is 4.39 Å². The van der Waals surface area contributed by atoms with Crippen molar-refractivity contribution in [2.45, 2.75) is 26.2 Å². The van der Waals surface area contributed by atoms with Gasteiger partial charge in [0.25, 0.3) is 5.91 Å². The van der Waals surface area contributed by atoms with E-state index in [2.05, 4.69) is 0 Å². The first-order chi connectivity index (χ1) is 14.3. The molecule has 2 heterocycles. The first-order valence-electron chi connectivity index (χ1n) is 10.2. The van der Waals surface area contributed by atoms with E-state index in [0.29, 0.717) is 35.2 Å². The van der Waals surface area contributed by atoms with Crippen LogP contribution >= 0.6 is 11.6 Å². The highest BCUT2D eigenvalue weighted by molar-refractivity contribution is 6.35. The molecule has 0 unspecified atom stereocenters. The molecule has 1 aromatic heterocycles. The normalized spacial score (nSPS) is 15.0. The standard InChI is InChI=1S/C24H24ClFN2O2/c1-15(29)21-14-27(2)23-13-22(25)20(12-19(21)23)24(30)28-9-7-17(8-10-28)11-16-3-5-18(26)6-4-16/h3-6,12-14,17H,7-11H2,1-2H3. The van der Waals surface area contributed by atoms with Crippen LogP contribution in [0.3, 0.4) is 0 Å². The van der Waals surface area contributed by atoms with Crippen LogP contribution in [-0.2, 0) is 13.5 Å². The number of rotatable bonds is 4. The third-order valence-corrected chi connectivity index (χ3v) is 6.34. The Morgan fingerprint density at radius 1 is 1.10 bits per heavy atom. The van der Waals surface area contributed by atoms with E-state index in [0.717, 1.165) is 35.7 Å². The smallest absolute Gasteiger partial charge is 0.255 e. The molecule has 30 heavy (non-hydrogen) atoms. The lowest BCUT2D eigenvalue weighted by molar-refractivity contribution is 0.0690. The third kappa shape index (κ3) is 3.99. The summed E-state index contributed by atoms with van der Waals surface area (Å²) < 4.78 is 14.9. The van der Waals surface area contributed by atoms with Crippen LogP contribution in [-0.4, -0.2) is 34.2 Å². The second-order valence-corrected chi connectivity index (χ2v) is 8.53. The SMILES string of the molecule is CC(=O)c1cn(C)c2cc(Cl)c(C(=O)N3CCC(Cc4ccc(F)cc4)CC3)cc12. The van der Waals surface area contributed by atoms with Gasteiger partial charge in [0.15, 0.2) is 5.78 Å². The topological polar surface area (TPSA) is 42.3 Å². The summed E-state index contributed by atoms with van der Waals surface area (Å²) in [6.07, 6.45) is 4.46. The fourth-order valence-corrected chi connectivity index (χ4v) is 4.55. The Bertz CT molecular complexity index is 1110. The molecule has 4 nitrogen and oxygen atoms in total. The average Bonchev–Trinajstić information content (AvgIpc) is 3.05. The molecule has 1 aliphatic rings. The molecular weight excluding hydrogens is 403 g/mol. The van der Waals surface area contributed by atoms with Crippen molar-refractivity contribution in [3.8, 4) is 0 Å². The zero-order valence-electron chi connectivity index (χ0n) is 17.1. The van der Waals surface area contributed by atoms with Gasteiger partial charge in [-0.15, -0.1) is 0 Å². The van der Waals surface area contributed by atoms with Crippen molar-refractivity contribution in [2.24, 2.45) is 13.0 Å². The maximum Gasteiger partial charge on any atom is 0.255 e. The second kappa shape index (κ2) is 8.23. The Morgan fingerprint density at radius 2 is 1.77 bits per heavy atom. The quantitative estimate of drug-likeness (QED) is 0.533. The van der Waals surface area contributed by atoms with E-state index in [1.165, 1.54) is 19.1 Å². The van der Waals surface area contributed by atoms with Crippen molar-refractivity contribution in [2.75, 3.05) is 13.1 Å². The average molecular weight is 427 g/mol. The zero-order valence-corrected chi connectivity index (χ0v) is 17.9. The number of halogens is 2. The number of benzene rings is 2. The van der Waals surface area contributed by atoms with Crippen LogP contribution < -0.4 is 0 Å². The molecule has 2 aromatic carbocycles. The summed E-state index contributed by atoms with van der Waals surface area (Å²) in [7, 11) is 1.86. The predicted octanol–water partition coefficient (Wildman–Crippen LogP) is 5.27. The maximum absolute atomic E-state index is 13.2. The lowest BCUT2D eigenvalue weighted by Gasteiger charge is -2.32. The van der Waals surface area contributed by atoms with Crippen LogP contribution in [0, 0.1) is 11.7 Å². The molecule has 3 aromatic rings. The van der Waals surface area contributed by atoms with Gasteiger partial charge in [0, 0.05) is 37.3 Å². The molecule has 1 saturated heterocycles. The minimum absolute atomic E-state index is 0.0390. The van der Waals surface area contributed by atoms with Crippen molar-refractivity contribution in [3.63, 3.8) is 0 Å². The monoisotopic (exact) mass is 426 g/mol. The first kappa shape index (κ1) is 20.6. The van der Waals surface area contributed by atoms with Crippen LogP contribution in [0.5, 0.6) is 0 Å². The summed E-state index contributed by atoms with van der Waals surface area (Å²) in [6, 6.07) is 10.2. The summed E-state index contributed by atoms with van der Waals surface area (Å²) in [6.45, 7) is 2.84. The van der Waals surface area contributed by atoms with Gasteiger partial charge in [0.05, 0.1) is 16.1 Å². The molecule has 0 N–H and O–H groups in total. The fourth-order valence-electron chi connectivity index (χ4n) is 4.31. The summed E-state index contributed by atoms with van der Waals surface area (Å²) in [5.74, 6) is 0.110. The Hall–Kier alpha value is -2.66. The molecule has 1 amide bonds. The highest BCUT2D eigenvalue weighted by atomic mass is 35.5. The second-order valence-electron chi connectivity index (χ2n) is 8.13. The van der Waals surface area contributed by atoms with Crippen molar-refractivity contribution in [3.05, 3.63) is 70.1 Å². The summed E-state index contributed by atoms with van der Waals surface area (Å²) in [5, 5.41) is 1.15. The van der Waals surface area contributed by atoms with Gasteiger partial charge in [0.1, 0.15) is 5.82 Å². The van der Waals surface area contributed by atoms with E-state index in [4.69, 9.17) is 11.6 Å². The number of piperidine rings is 1. The molecule has 0 atom stereocenters. The number of aromatic nitrogens is 1. The number of carbonyl (C=O) groups is 2. The lowest BCUT2D eigenvalue weighted by Crippen LogP contribution is -2.39. The van der Waals surface area contributed by atoms with Crippen molar-refractivity contribution < 1.29 is 14.0 Å². The number of likely N-dealkylation sites (tertiary alicyclic amines) is 1. The van der Waals surface area contributed by atoms with Crippen LogP contribution in [0.4, 0.5) is 4.39 Å². The van der Waals surface area contributed by atoms with E-state index in [1.54, 1.807) is 18.3 Å².